The Bertz CT molecular complexity index is 1380. The van der Waals surface area contributed by atoms with Gasteiger partial charge in [0, 0.05) is 35.8 Å². The lowest BCUT2D eigenvalue weighted by atomic mass is 10.1. The number of aromatic nitrogens is 2. The number of aromatic amines is 2. The summed E-state index contributed by atoms with van der Waals surface area (Å²) in [5.41, 5.74) is 4.29. The number of hydrogen-bond donors (Lipinski definition) is 4. The third-order valence-corrected chi connectivity index (χ3v) is 5.25. The van der Waals surface area contributed by atoms with Crippen molar-refractivity contribution in [2.45, 2.75) is 20.3 Å². The molecule has 4 rings (SSSR count). The molecule has 7 heteroatoms. The molecule has 0 radical (unpaired) electrons. The van der Waals surface area contributed by atoms with Gasteiger partial charge in [-0.2, -0.15) is 0 Å². The van der Waals surface area contributed by atoms with E-state index in [1.54, 1.807) is 7.11 Å². The molecule has 0 fully saturated rings. The van der Waals surface area contributed by atoms with E-state index >= 15 is 0 Å². The zero-order valence-corrected chi connectivity index (χ0v) is 17.9. The van der Waals surface area contributed by atoms with Crippen molar-refractivity contribution < 1.29 is 14.6 Å². The van der Waals surface area contributed by atoms with Crippen LogP contribution in [0.2, 0.25) is 0 Å². The van der Waals surface area contributed by atoms with Gasteiger partial charge in [0.05, 0.1) is 28.7 Å². The smallest absolute Gasteiger partial charge is 0.254 e. The molecule has 4 N–H and O–H groups in total. The summed E-state index contributed by atoms with van der Waals surface area (Å²) in [5, 5.41) is 14.9. The number of carbonyl (C=O) groups excluding carboxylic acids is 1. The molecule has 0 spiro atoms. The van der Waals surface area contributed by atoms with E-state index in [1.165, 1.54) is 0 Å². The number of fused-ring (bicyclic) bond motifs is 1. The number of nitrogens with zero attached hydrogens (tertiary/aromatic N) is 1. The summed E-state index contributed by atoms with van der Waals surface area (Å²) in [6, 6.07) is 11.5. The molecule has 0 unspecified atom stereocenters. The highest BCUT2D eigenvalue weighted by Crippen LogP contribution is 2.15. The van der Waals surface area contributed by atoms with Crippen LogP contribution in [0.1, 0.15) is 23.4 Å². The molecule has 1 aliphatic heterocycles. The van der Waals surface area contributed by atoms with Gasteiger partial charge < -0.3 is 25.1 Å². The average Bonchev–Trinajstić information content (AvgIpc) is 3.42. The lowest BCUT2D eigenvalue weighted by molar-refractivity contribution is -0.115. The van der Waals surface area contributed by atoms with Gasteiger partial charge >= 0.3 is 0 Å². The van der Waals surface area contributed by atoms with Crippen LogP contribution in [0, 0.1) is 13.8 Å². The van der Waals surface area contributed by atoms with Crippen molar-refractivity contribution >= 4 is 23.3 Å². The van der Waals surface area contributed by atoms with Gasteiger partial charge in [-0.05, 0) is 44.0 Å². The van der Waals surface area contributed by atoms with E-state index in [1.807, 2.05) is 50.3 Å². The Morgan fingerprint density at radius 1 is 1.23 bits per heavy atom. The van der Waals surface area contributed by atoms with Gasteiger partial charge in [-0.1, -0.05) is 18.2 Å². The van der Waals surface area contributed by atoms with Gasteiger partial charge in [-0.3, -0.25) is 4.79 Å². The molecule has 0 saturated carbocycles. The Balaban J connectivity index is 1.90. The van der Waals surface area contributed by atoms with Gasteiger partial charge in [0.2, 0.25) is 0 Å². The summed E-state index contributed by atoms with van der Waals surface area (Å²) in [5.74, 6) is 0.451. The number of nitrogens with one attached hydrogen (secondary N) is 3. The van der Waals surface area contributed by atoms with Crippen molar-refractivity contribution in [3.63, 3.8) is 0 Å². The number of aryl methyl sites for hydroxylation is 2. The molecule has 0 bridgehead atoms. The second-order valence-corrected chi connectivity index (χ2v) is 7.54. The van der Waals surface area contributed by atoms with Crippen molar-refractivity contribution in [2.24, 2.45) is 4.99 Å². The Kier molecular flexibility index (Phi) is 5.77. The van der Waals surface area contributed by atoms with Crippen LogP contribution in [-0.2, 0) is 4.79 Å². The minimum Gasteiger partial charge on any atom is -0.494 e. The molecule has 31 heavy (non-hydrogen) atoms. The predicted molar refractivity (Wildman–Crippen MR) is 119 cm³/mol. The Labute approximate surface area is 179 Å². The predicted octanol–water partition coefficient (Wildman–Crippen LogP) is -0.112. The molecule has 0 atom stereocenters. The molecule has 0 aliphatic carbocycles. The minimum absolute atomic E-state index is 0.0256. The van der Waals surface area contributed by atoms with E-state index in [2.05, 4.69) is 21.4 Å². The normalized spacial score (nSPS) is 15.1. The summed E-state index contributed by atoms with van der Waals surface area (Å²) in [6.45, 7) is 4.49. The molecule has 2 aromatic heterocycles. The number of amides is 1. The van der Waals surface area contributed by atoms with Gasteiger partial charge in [0.25, 0.3) is 5.91 Å². The zero-order valence-electron chi connectivity index (χ0n) is 17.9. The van der Waals surface area contributed by atoms with E-state index in [9.17, 15) is 4.79 Å². The fraction of sp³-hybridized carbons (Fsp3) is 0.250. The first kappa shape index (κ1) is 20.7. The first-order valence-corrected chi connectivity index (χ1v) is 10.2. The number of aliphatic hydroxyl groups is 1. The fourth-order valence-electron chi connectivity index (χ4n) is 3.78. The minimum atomic E-state index is -0.216. The zero-order chi connectivity index (χ0) is 22.0. The highest BCUT2D eigenvalue weighted by Gasteiger charge is 2.21. The average molecular weight is 418 g/mol. The van der Waals surface area contributed by atoms with Crippen LogP contribution >= 0.6 is 0 Å². The third-order valence-electron chi connectivity index (χ3n) is 5.25. The quantitative estimate of drug-likeness (QED) is 0.420. The van der Waals surface area contributed by atoms with Gasteiger partial charge in [-0.25, -0.2) is 4.99 Å². The second-order valence-electron chi connectivity index (χ2n) is 7.54. The van der Waals surface area contributed by atoms with Crippen molar-refractivity contribution in [1.29, 1.82) is 0 Å². The first-order chi connectivity index (χ1) is 15.0. The Morgan fingerprint density at radius 3 is 2.74 bits per heavy atom. The summed E-state index contributed by atoms with van der Waals surface area (Å²) >= 11 is 0. The maximum atomic E-state index is 13.0. The van der Waals surface area contributed by atoms with E-state index < -0.39 is 0 Å². The maximum Gasteiger partial charge on any atom is 0.254 e. The molecule has 1 aromatic carbocycles. The number of H-pyrrole nitrogens is 2. The highest BCUT2D eigenvalue weighted by atomic mass is 16.5. The number of para-hydroxylation sites is 1. The van der Waals surface area contributed by atoms with Gasteiger partial charge in [-0.15, -0.1) is 0 Å². The van der Waals surface area contributed by atoms with Crippen LogP contribution in [0.4, 0.5) is 0 Å². The monoisotopic (exact) mass is 418 g/mol. The number of aliphatic hydroxyl groups excluding tert-OH is 1. The standard InChI is InChI=1S/C24H26N4O3/c1-14-11-15(2)26-18(14)12-19-21(31-3)13-20(27-19)23-22(24(30)25-9-6-10-29)16-7-4-5-8-17(16)28-23/h4-5,7-8,11-13,26-27,29H,6,9-10H2,1-3H3,(H,25,30)/b19-12-,23-20?. The molecule has 1 aliphatic rings. The van der Waals surface area contributed by atoms with Gasteiger partial charge in [0.1, 0.15) is 11.4 Å². The van der Waals surface area contributed by atoms with Gasteiger partial charge in [0.15, 0.2) is 0 Å². The molecule has 7 nitrogen and oxygen atoms in total. The molecule has 0 saturated heterocycles. The summed E-state index contributed by atoms with van der Waals surface area (Å²) in [4.78, 5) is 24.4. The molecular formula is C24H26N4O3. The number of benzene rings is 1. The van der Waals surface area contributed by atoms with Crippen molar-refractivity contribution in [2.75, 3.05) is 20.3 Å². The fourth-order valence-corrected chi connectivity index (χ4v) is 3.78. The number of rotatable bonds is 6. The topological polar surface area (TPSA) is 102 Å². The molecule has 160 valence electrons. The second kappa shape index (κ2) is 8.65. The Morgan fingerprint density at radius 2 is 2.03 bits per heavy atom. The summed E-state index contributed by atoms with van der Waals surface area (Å²) < 4.78 is 5.59. The van der Waals surface area contributed by atoms with Crippen LogP contribution < -0.4 is 31.3 Å². The summed E-state index contributed by atoms with van der Waals surface area (Å²) in [6.07, 6.45) is 2.49. The number of methoxy groups -OCH3 is 1. The van der Waals surface area contributed by atoms with E-state index in [-0.39, 0.29) is 12.5 Å². The number of carbonyl (C=O) groups is 1. The SMILES string of the molecule is COc1cc(=C2N=c3ccccc3=C2C(=O)NCCCO)[nH]/c1=C\c1[nH]c(C)cc1C. The molecule has 3 heterocycles. The van der Waals surface area contributed by atoms with Crippen LogP contribution in [0.5, 0.6) is 5.75 Å². The van der Waals surface area contributed by atoms with Crippen LogP contribution in [0.3, 0.4) is 0 Å². The molecule has 3 aromatic rings. The highest BCUT2D eigenvalue weighted by molar-refractivity contribution is 6.27. The summed E-state index contributed by atoms with van der Waals surface area (Å²) in [7, 11) is 1.62. The van der Waals surface area contributed by atoms with E-state index in [0.29, 0.717) is 35.3 Å². The largest absolute Gasteiger partial charge is 0.494 e. The van der Waals surface area contributed by atoms with Crippen molar-refractivity contribution in [1.82, 2.24) is 15.3 Å². The first-order valence-electron chi connectivity index (χ1n) is 10.2. The van der Waals surface area contributed by atoms with Crippen LogP contribution in [0.15, 0.2) is 41.4 Å². The number of hydrogen-bond acceptors (Lipinski definition) is 4. The van der Waals surface area contributed by atoms with Crippen molar-refractivity contribution in [3.05, 3.63) is 74.6 Å². The van der Waals surface area contributed by atoms with Crippen molar-refractivity contribution in [3.8, 4) is 5.75 Å². The molecular weight excluding hydrogens is 392 g/mol. The maximum absolute atomic E-state index is 13.0. The lowest BCUT2D eigenvalue weighted by Gasteiger charge is -2.06. The third kappa shape index (κ3) is 4.04. The van der Waals surface area contributed by atoms with Crippen LogP contribution in [-0.4, -0.2) is 41.2 Å². The van der Waals surface area contributed by atoms with E-state index in [4.69, 9.17) is 14.8 Å². The van der Waals surface area contributed by atoms with E-state index in [0.717, 1.165) is 32.9 Å². The van der Waals surface area contributed by atoms with Crippen LogP contribution in [0.25, 0.3) is 17.3 Å². The Hall–Kier alpha value is -3.58. The number of ether oxygens (including phenoxy) is 1. The molecule has 1 amide bonds. The lowest BCUT2D eigenvalue weighted by Crippen LogP contribution is -2.32.